The summed E-state index contributed by atoms with van der Waals surface area (Å²) in [5.74, 6) is -0.154. The van der Waals surface area contributed by atoms with Crippen LogP contribution >= 0.6 is 0 Å². The Hall–Kier alpha value is -2.70. The number of benzene rings is 1. The first-order valence-electron chi connectivity index (χ1n) is 12.3. The number of hydrogen-bond donors (Lipinski definition) is 3. The number of aromatic amines is 1. The van der Waals surface area contributed by atoms with Crippen LogP contribution in [-0.2, 0) is 10.3 Å². The number of aliphatic hydroxyl groups is 1. The Kier molecular flexibility index (Phi) is 5.57. The summed E-state index contributed by atoms with van der Waals surface area (Å²) in [6.07, 6.45) is 11.0. The van der Waals surface area contributed by atoms with Crippen LogP contribution in [0.5, 0.6) is 0 Å². The highest BCUT2D eigenvalue weighted by Crippen LogP contribution is 2.50. The van der Waals surface area contributed by atoms with Crippen molar-refractivity contribution in [3.8, 4) is 0 Å². The van der Waals surface area contributed by atoms with Crippen LogP contribution < -0.4 is 5.32 Å². The van der Waals surface area contributed by atoms with Crippen LogP contribution in [0.25, 0.3) is 5.57 Å². The number of amides is 1. The molecule has 3 aliphatic rings. The predicted molar refractivity (Wildman–Crippen MR) is 133 cm³/mol. The fourth-order valence-electron chi connectivity index (χ4n) is 5.70. The van der Waals surface area contributed by atoms with Crippen molar-refractivity contribution in [1.82, 2.24) is 9.97 Å². The summed E-state index contributed by atoms with van der Waals surface area (Å²) in [6.45, 7) is 10.5. The van der Waals surface area contributed by atoms with Crippen LogP contribution in [0.1, 0.15) is 74.4 Å². The number of aryl methyl sites for hydroxylation is 1. The van der Waals surface area contributed by atoms with E-state index in [0.717, 1.165) is 41.8 Å². The van der Waals surface area contributed by atoms with E-state index < -0.39 is 5.60 Å². The van der Waals surface area contributed by atoms with Crippen LogP contribution in [-0.4, -0.2) is 33.2 Å². The van der Waals surface area contributed by atoms with Crippen LogP contribution in [0.4, 0.5) is 5.69 Å². The van der Waals surface area contributed by atoms with Gasteiger partial charge in [0.05, 0.1) is 17.9 Å². The molecule has 1 unspecified atom stereocenters. The molecule has 1 aromatic heterocycles. The normalized spacial score (nSPS) is 31.9. The third-order valence-corrected chi connectivity index (χ3v) is 8.15. The average molecular weight is 462 g/mol. The van der Waals surface area contributed by atoms with E-state index in [0.29, 0.717) is 5.82 Å². The van der Waals surface area contributed by atoms with Crippen molar-refractivity contribution in [2.75, 3.05) is 5.32 Å². The van der Waals surface area contributed by atoms with E-state index >= 15 is 0 Å². The van der Waals surface area contributed by atoms with Gasteiger partial charge < -0.3 is 20.1 Å². The number of carbonyl (C=O) groups is 1. The quantitative estimate of drug-likeness (QED) is 0.535. The summed E-state index contributed by atoms with van der Waals surface area (Å²) in [6, 6.07) is 5.98. The molecule has 6 nitrogen and oxygen atoms in total. The molecule has 0 radical (unpaired) electrons. The van der Waals surface area contributed by atoms with Crippen molar-refractivity contribution in [3.05, 3.63) is 65.3 Å². The molecule has 3 N–H and O–H groups in total. The number of ether oxygens (including phenoxy) is 1. The van der Waals surface area contributed by atoms with Crippen LogP contribution in [0, 0.1) is 24.2 Å². The van der Waals surface area contributed by atoms with Crippen molar-refractivity contribution in [1.29, 1.82) is 0 Å². The standard InChI is InChI=1S/C28H35N3O3/c1-16-15-29-25(30-16)26(32)31-22-7-6-20(14-21(22)19-10-12-27(4,5)13-11-19)28(33)17(2)23-8-9-24(34-23)18(28)3/h6-10,14-15,17-18,23-24,33H,11-13H2,1-5H3,(H,29,30)(H,31,32)/t17-,18+,23+,24?,28-/m0/s1. The van der Waals surface area contributed by atoms with Gasteiger partial charge in [-0.1, -0.05) is 52.0 Å². The summed E-state index contributed by atoms with van der Waals surface area (Å²) in [7, 11) is 0. The van der Waals surface area contributed by atoms with Gasteiger partial charge in [0.15, 0.2) is 5.82 Å². The smallest absolute Gasteiger partial charge is 0.291 e. The summed E-state index contributed by atoms with van der Waals surface area (Å²) in [5, 5.41) is 15.1. The SMILES string of the molecule is Cc1c[nH]c(C(=O)Nc2ccc([C@@]3(O)[C@H](C)C4C=C[C@@H](O4)[C@@H]3C)cc2C2=CCC(C)(C)CC2)n1. The van der Waals surface area contributed by atoms with E-state index in [1.54, 1.807) is 6.20 Å². The van der Waals surface area contributed by atoms with Gasteiger partial charge in [-0.05, 0) is 54.9 Å². The fourth-order valence-corrected chi connectivity index (χ4v) is 5.70. The molecule has 3 heterocycles. The molecule has 1 fully saturated rings. The van der Waals surface area contributed by atoms with E-state index in [1.807, 2.05) is 19.1 Å². The van der Waals surface area contributed by atoms with Gasteiger partial charge in [0.2, 0.25) is 0 Å². The maximum Gasteiger partial charge on any atom is 0.291 e. The van der Waals surface area contributed by atoms with Crippen LogP contribution in [0.15, 0.2) is 42.6 Å². The lowest BCUT2D eigenvalue weighted by Crippen LogP contribution is -2.53. The molecule has 2 aliphatic heterocycles. The molecule has 5 atom stereocenters. The summed E-state index contributed by atoms with van der Waals surface area (Å²) >= 11 is 0. The highest BCUT2D eigenvalue weighted by atomic mass is 16.5. The topological polar surface area (TPSA) is 87.2 Å². The number of imidazole rings is 1. The highest BCUT2D eigenvalue weighted by molar-refractivity contribution is 6.03. The third kappa shape index (κ3) is 3.83. The first kappa shape index (κ1) is 23.1. The first-order valence-corrected chi connectivity index (χ1v) is 12.3. The van der Waals surface area contributed by atoms with Gasteiger partial charge in [0.25, 0.3) is 5.91 Å². The number of anilines is 1. The highest BCUT2D eigenvalue weighted by Gasteiger charge is 2.53. The van der Waals surface area contributed by atoms with Gasteiger partial charge in [-0.2, -0.15) is 0 Å². The van der Waals surface area contributed by atoms with Gasteiger partial charge in [0.1, 0.15) is 5.60 Å². The Morgan fingerprint density at radius 3 is 2.50 bits per heavy atom. The third-order valence-electron chi connectivity index (χ3n) is 8.15. The van der Waals surface area contributed by atoms with Gasteiger partial charge >= 0.3 is 0 Å². The van der Waals surface area contributed by atoms with Gasteiger partial charge in [0, 0.05) is 29.3 Å². The molecule has 0 saturated carbocycles. The Balaban J connectivity index is 1.55. The lowest BCUT2D eigenvalue weighted by molar-refractivity contribution is -0.187. The van der Waals surface area contributed by atoms with E-state index in [9.17, 15) is 9.90 Å². The van der Waals surface area contributed by atoms with E-state index in [-0.39, 0.29) is 35.4 Å². The molecule has 5 rings (SSSR count). The number of rotatable bonds is 4. The maximum atomic E-state index is 12.9. The molecular formula is C28H35N3O3. The zero-order valence-electron chi connectivity index (χ0n) is 20.7. The zero-order valence-corrected chi connectivity index (χ0v) is 20.7. The Morgan fingerprint density at radius 1 is 1.21 bits per heavy atom. The molecule has 1 saturated heterocycles. The molecule has 180 valence electrons. The summed E-state index contributed by atoms with van der Waals surface area (Å²) in [4.78, 5) is 20.1. The van der Waals surface area contributed by atoms with Crippen LogP contribution in [0.3, 0.4) is 0 Å². The number of allylic oxidation sites excluding steroid dienone is 2. The minimum Gasteiger partial charge on any atom is -0.384 e. The van der Waals surface area contributed by atoms with E-state index in [2.05, 4.69) is 67.3 Å². The summed E-state index contributed by atoms with van der Waals surface area (Å²) in [5.41, 5.74) is 3.82. The predicted octanol–water partition coefficient (Wildman–Crippen LogP) is 5.36. The monoisotopic (exact) mass is 461 g/mol. The summed E-state index contributed by atoms with van der Waals surface area (Å²) < 4.78 is 6.09. The van der Waals surface area contributed by atoms with Crippen molar-refractivity contribution in [2.45, 2.75) is 71.7 Å². The second-order valence-corrected chi connectivity index (χ2v) is 11.1. The Labute approximate surface area is 201 Å². The molecule has 2 bridgehead atoms. The lowest BCUT2D eigenvalue weighted by Gasteiger charge is -2.47. The molecule has 0 spiro atoms. The van der Waals surface area contributed by atoms with Gasteiger partial charge in [-0.25, -0.2) is 4.98 Å². The maximum absolute atomic E-state index is 12.9. The first-order chi connectivity index (χ1) is 16.1. The molecule has 6 heteroatoms. The molecular weight excluding hydrogens is 426 g/mol. The van der Waals surface area contributed by atoms with Gasteiger partial charge in [-0.15, -0.1) is 0 Å². The number of aromatic nitrogens is 2. The van der Waals surface area contributed by atoms with Crippen molar-refractivity contribution in [2.24, 2.45) is 17.3 Å². The zero-order chi connectivity index (χ0) is 24.3. The van der Waals surface area contributed by atoms with Crippen LogP contribution in [0.2, 0.25) is 0 Å². The largest absolute Gasteiger partial charge is 0.384 e. The Bertz CT molecular complexity index is 1160. The van der Waals surface area contributed by atoms with Crippen molar-refractivity contribution < 1.29 is 14.6 Å². The second-order valence-electron chi connectivity index (χ2n) is 11.1. The average Bonchev–Trinajstić information content (AvgIpc) is 3.45. The van der Waals surface area contributed by atoms with E-state index in [4.69, 9.17) is 4.74 Å². The van der Waals surface area contributed by atoms with Crippen molar-refractivity contribution >= 4 is 17.2 Å². The molecule has 1 amide bonds. The molecule has 34 heavy (non-hydrogen) atoms. The molecule has 2 aromatic rings. The number of nitrogens with one attached hydrogen (secondary N) is 2. The molecule has 1 aromatic carbocycles. The second kappa shape index (κ2) is 8.21. The van der Waals surface area contributed by atoms with E-state index in [1.165, 1.54) is 5.57 Å². The number of hydrogen-bond acceptors (Lipinski definition) is 4. The number of nitrogens with zero attached hydrogens (tertiary/aromatic N) is 1. The number of carbonyl (C=O) groups excluding carboxylic acids is 1. The number of fused-ring (bicyclic) bond motifs is 2. The lowest BCUT2D eigenvalue weighted by atomic mass is 9.68. The fraction of sp³-hybridized carbons (Fsp3) is 0.500. The Morgan fingerprint density at radius 2 is 1.91 bits per heavy atom. The number of H-pyrrole nitrogens is 1. The van der Waals surface area contributed by atoms with Crippen molar-refractivity contribution in [3.63, 3.8) is 0 Å². The minimum atomic E-state index is -1.03. The minimum absolute atomic E-state index is 0.0869. The van der Waals surface area contributed by atoms with Gasteiger partial charge in [-0.3, -0.25) is 4.79 Å². The molecule has 1 aliphatic carbocycles.